The summed E-state index contributed by atoms with van der Waals surface area (Å²) in [5.41, 5.74) is 0. The fraction of sp³-hybridized carbons (Fsp3) is 0.691. The van der Waals surface area contributed by atoms with Gasteiger partial charge in [0.2, 0.25) is 0 Å². The first-order valence-electron chi connectivity index (χ1n) is 26.1. The zero-order valence-corrected chi connectivity index (χ0v) is 42.8. The number of esters is 1. The second-order valence-electron chi connectivity index (χ2n) is 17.6. The highest BCUT2D eigenvalue weighted by atomic mass is 31.2. The van der Waals surface area contributed by atoms with E-state index < -0.39 is 63.1 Å². The first-order valence-corrected chi connectivity index (χ1v) is 27.6. The predicted molar refractivity (Wildman–Crippen MR) is 276 cm³/mol. The molecule has 1 saturated carbocycles. The van der Waals surface area contributed by atoms with Crippen LogP contribution in [0.1, 0.15) is 181 Å². The highest BCUT2D eigenvalue weighted by Crippen LogP contribution is 2.47. The molecule has 390 valence electrons. The van der Waals surface area contributed by atoms with E-state index in [0.717, 1.165) is 116 Å². The Labute approximate surface area is 411 Å². The maximum absolute atomic E-state index is 12.9. The lowest BCUT2D eigenvalue weighted by molar-refractivity contribution is -0.220. The number of aliphatic hydroxyl groups excluding tert-OH is 5. The van der Waals surface area contributed by atoms with Crippen LogP contribution in [0.25, 0.3) is 0 Å². The van der Waals surface area contributed by atoms with Gasteiger partial charge in [-0.15, -0.1) is 0 Å². The number of phosphoric acid groups is 1. The number of hydrogen-bond donors (Lipinski definition) is 6. The molecule has 1 aliphatic carbocycles. The molecule has 1 rings (SSSR count). The molecule has 0 radical (unpaired) electrons. The molecule has 0 aliphatic heterocycles. The Balaban J connectivity index is 2.37. The number of carbonyl (C=O) groups excluding carboxylic acids is 1. The van der Waals surface area contributed by atoms with Crippen LogP contribution in [-0.2, 0) is 27.9 Å². The Bertz CT molecular complexity index is 1490. The molecular formula is C55H93O12P. The number of aliphatic hydroxyl groups is 5. The van der Waals surface area contributed by atoms with E-state index in [0.29, 0.717) is 13.0 Å². The summed E-state index contributed by atoms with van der Waals surface area (Å²) in [7, 11) is -5.04. The summed E-state index contributed by atoms with van der Waals surface area (Å²) in [6.07, 6.45) is 48.9. The number of hydrogen-bond acceptors (Lipinski definition) is 11. The standard InChI is InChI=1S/C55H93O12P/c1-3-5-7-9-11-13-15-17-19-21-22-23-24-25-26-27-29-31-33-35-37-39-41-43-45-64-46-48(47-65-68(62,63)67-55-53(60)51(58)50(57)52(59)54(55)61)66-49(56)44-42-40-38-36-34-32-30-28-20-18-16-14-12-10-8-6-4-2/h5,7,11-14,17-20,22-23,25-26,29,31,48,50-55,57-61H,3-4,6,8-10,15-16,21,24,27-28,30,32-47H2,1-2H3,(H,62,63)/b7-5-,13-11-,14-12-,19-17-,20-18-,23-22-,26-25-,31-29-. The van der Waals surface area contributed by atoms with Gasteiger partial charge in [0.15, 0.2) is 0 Å². The number of rotatable bonds is 43. The van der Waals surface area contributed by atoms with Gasteiger partial charge in [-0.1, -0.05) is 175 Å². The molecule has 68 heavy (non-hydrogen) atoms. The zero-order valence-electron chi connectivity index (χ0n) is 41.9. The largest absolute Gasteiger partial charge is 0.472 e. The fourth-order valence-electron chi connectivity index (χ4n) is 7.33. The van der Waals surface area contributed by atoms with Crippen molar-refractivity contribution in [2.24, 2.45) is 0 Å². The minimum atomic E-state index is -5.04. The van der Waals surface area contributed by atoms with Gasteiger partial charge in [0.1, 0.15) is 42.7 Å². The first-order chi connectivity index (χ1) is 33.0. The molecule has 1 aliphatic rings. The minimum Gasteiger partial charge on any atom is -0.457 e. The molecule has 6 unspecified atom stereocenters. The Morgan fingerprint density at radius 2 is 0.868 bits per heavy atom. The topological polar surface area (TPSA) is 192 Å². The van der Waals surface area contributed by atoms with Crippen molar-refractivity contribution in [3.05, 3.63) is 97.2 Å². The van der Waals surface area contributed by atoms with Crippen molar-refractivity contribution in [1.82, 2.24) is 0 Å². The quantitative estimate of drug-likeness (QED) is 0.0147. The molecule has 0 amide bonds. The van der Waals surface area contributed by atoms with Crippen molar-refractivity contribution in [1.29, 1.82) is 0 Å². The normalized spacial score (nSPS) is 21.9. The summed E-state index contributed by atoms with van der Waals surface area (Å²) in [5, 5.41) is 50.3. The van der Waals surface area contributed by atoms with Crippen LogP contribution in [0.4, 0.5) is 0 Å². The molecular weight excluding hydrogens is 884 g/mol. The van der Waals surface area contributed by atoms with Gasteiger partial charge in [-0.05, 0) is 96.3 Å². The van der Waals surface area contributed by atoms with Crippen molar-refractivity contribution >= 4 is 13.8 Å². The van der Waals surface area contributed by atoms with Crippen LogP contribution in [0.3, 0.4) is 0 Å². The van der Waals surface area contributed by atoms with E-state index in [1.165, 1.54) is 38.5 Å². The van der Waals surface area contributed by atoms with Gasteiger partial charge >= 0.3 is 13.8 Å². The van der Waals surface area contributed by atoms with Crippen molar-refractivity contribution in [3.63, 3.8) is 0 Å². The molecule has 1 fully saturated rings. The number of unbranched alkanes of at least 4 members (excludes halogenated alkanes) is 15. The Morgan fingerprint density at radius 3 is 1.32 bits per heavy atom. The van der Waals surface area contributed by atoms with E-state index in [9.17, 15) is 39.8 Å². The molecule has 0 aromatic rings. The van der Waals surface area contributed by atoms with Gasteiger partial charge in [0, 0.05) is 13.0 Å². The number of allylic oxidation sites excluding steroid dienone is 16. The number of carbonyl (C=O) groups is 1. The average molecular weight is 977 g/mol. The summed E-state index contributed by atoms with van der Waals surface area (Å²) in [4.78, 5) is 23.2. The summed E-state index contributed by atoms with van der Waals surface area (Å²) < 4.78 is 34.3. The highest BCUT2D eigenvalue weighted by Gasteiger charge is 2.51. The molecule has 0 saturated heterocycles. The van der Waals surface area contributed by atoms with Gasteiger partial charge in [-0.2, -0.15) is 0 Å². The van der Waals surface area contributed by atoms with E-state index >= 15 is 0 Å². The molecule has 13 heteroatoms. The maximum atomic E-state index is 12.9. The number of phosphoric ester groups is 1. The van der Waals surface area contributed by atoms with Crippen LogP contribution >= 0.6 is 7.82 Å². The average Bonchev–Trinajstić information content (AvgIpc) is 3.32. The Kier molecular flexibility index (Phi) is 41.1. The van der Waals surface area contributed by atoms with Crippen molar-refractivity contribution < 1.29 is 58.3 Å². The highest BCUT2D eigenvalue weighted by molar-refractivity contribution is 7.47. The zero-order chi connectivity index (χ0) is 49.8. The van der Waals surface area contributed by atoms with Crippen LogP contribution in [0.5, 0.6) is 0 Å². The summed E-state index contributed by atoms with van der Waals surface area (Å²) >= 11 is 0. The molecule has 0 heterocycles. The second kappa shape index (κ2) is 44.2. The van der Waals surface area contributed by atoms with E-state index in [2.05, 4.69) is 111 Å². The van der Waals surface area contributed by atoms with E-state index in [4.69, 9.17) is 18.5 Å². The molecule has 12 nitrogen and oxygen atoms in total. The third kappa shape index (κ3) is 35.4. The molecule has 0 aromatic carbocycles. The predicted octanol–water partition coefficient (Wildman–Crippen LogP) is 11.9. The van der Waals surface area contributed by atoms with Crippen molar-refractivity contribution in [2.75, 3.05) is 19.8 Å². The molecule has 6 atom stereocenters. The minimum absolute atomic E-state index is 0.0995. The van der Waals surface area contributed by atoms with Gasteiger partial charge in [0.05, 0.1) is 13.2 Å². The molecule has 0 spiro atoms. The third-order valence-electron chi connectivity index (χ3n) is 11.4. The summed E-state index contributed by atoms with van der Waals surface area (Å²) in [6.45, 7) is 4.06. The third-order valence-corrected chi connectivity index (χ3v) is 12.4. The molecule has 6 N–H and O–H groups in total. The smallest absolute Gasteiger partial charge is 0.457 e. The lowest BCUT2D eigenvalue weighted by Gasteiger charge is -2.41. The van der Waals surface area contributed by atoms with E-state index in [-0.39, 0.29) is 13.0 Å². The Hall–Kier alpha value is -2.74. The van der Waals surface area contributed by atoms with Crippen LogP contribution < -0.4 is 0 Å². The lowest BCUT2D eigenvalue weighted by Crippen LogP contribution is -2.64. The van der Waals surface area contributed by atoms with Gasteiger partial charge in [-0.25, -0.2) is 4.57 Å². The maximum Gasteiger partial charge on any atom is 0.472 e. The fourth-order valence-corrected chi connectivity index (χ4v) is 8.30. The van der Waals surface area contributed by atoms with E-state index in [1.807, 2.05) is 0 Å². The Morgan fingerprint density at radius 1 is 0.485 bits per heavy atom. The molecule has 0 bridgehead atoms. The van der Waals surface area contributed by atoms with Gasteiger partial charge < -0.3 is 39.9 Å². The summed E-state index contributed by atoms with van der Waals surface area (Å²) in [5.74, 6) is -0.497. The van der Waals surface area contributed by atoms with Crippen LogP contribution in [0.2, 0.25) is 0 Å². The summed E-state index contributed by atoms with van der Waals surface area (Å²) in [6, 6.07) is 0. The second-order valence-corrected chi connectivity index (χ2v) is 19.0. The lowest BCUT2D eigenvalue weighted by atomic mass is 9.85. The van der Waals surface area contributed by atoms with Crippen molar-refractivity contribution in [2.45, 2.75) is 224 Å². The van der Waals surface area contributed by atoms with Gasteiger partial charge in [-0.3, -0.25) is 13.8 Å². The van der Waals surface area contributed by atoms with E-state index in [1.54, 1.807) is 0 Å². The monoisotopic (exact) mass is 977 g/mol. The first kappa shape index (κ1) is 63.3. The number of ether oxygens (including phenoxy) is 2. The van der Waals surface area contributed by atoms with Gasteiger partial charge in [0.25, 0.3) is 0 Å². The van der Waals surface area contributed by atoms with Crippen LogP contribution in [-0.4, -0.2) is 98.9 Å². The van der Waals surface area contributed by atoms with Crippen molar-refractivity contribution in [3.8, 4) is 0 Å². The van der Waals surface area contributed by atoms with Crippen LogP contribution in [0, 0.1) is 0 Å². The SMILES string of the molecule is CC/C=C\C/C=C\C/C=C\C/C=C\C/C=C\C/C=C\CCCCCCCOCC(COP(=O)(O)OC1C(O)C(O)C(O)C(O)C1O)OC(=O)CCCCCCCCC/C=C\C/C=C\CCCCC. The van der Waals surface area contributed by atoms with Crippen LogP contribution in [0.15, 0.2) is 97.2 Å². The molecule has 0 aromatic heterocycles.